The van der Waals surface area contributed by atoms with Gasteiger partial charge in [0.25, 0.3) is 5.91 Å². The zero-order valence-electron chi connectivity index (χ0n) is 10.3. The van der Waals surface area contributed by atoms with Crippen molar-refractivity contribution in [3.8, 4) is 0 Å². The largest absolute Gasteiger partial charge is 0.388 e. The summed E-state index contributed by atoms with van der Waals surface area (Å²) >= 11 is 0. The maximum absolute atomic E-state index is 12.2. The van der Waals surface area contributed by atoms with Crippen LogP contribution in [0.5, 0.6) is 0 Å². The molecule has 1 aromatic rings. The molecule has 4 nitrogen and oxygen atoms in total. The van der Waals surface area contributed by atoms with Crippen LogP contribution in [0, 0.1) is 0 Å². The maximum atomic E-state index is 12.2. The maximum Gasteiger partial charge on any atom is 0.253 e. The van der Waals surface area contributed by atoms with Gasteiger partial charge >= 0.3 is 0 Å². The first kappa shape index (κ1) is 11.9. The average Bonchev–Trinajstić information content (AvgIpc) is 2.91. The van der Waals surface area contributed by atoms with E-state index in [9.17, 15) is 4.79 Å². The second-order valence-electron chi connectivity index (χ2n) is 4.26. The molecule has 1 saturated heterocycles. The second kappa shape index (κ2) is 5.19. The number of nitrogens with one attached hydrogen (secondary N) is 1. The normalized spacial score (nSPS) is 19.1. The van der Waals surface area contributed by atoms with Crippen molar-refractivity contribution < 1.29 is 9.53 Å². The Labute approximate surface area is 102 Å². The molecule has 1 aliphatic heterocycles. The summed E-state index contributed by atoms with van der Waals surface area (Å²) in [6, 6.07) is 7.73. The van der Waals surface area contributed by atoms with E-state index in [2.05, 4.69) is 5.32 Å². The van der Waals surface area contributed by atoms with Crippen LogP contribution in [-0.4, -0.2) is 44.2 Å². The van der Waals surface area contributed by atoms with E-state index >= 15 is 0 Å². The van der Waals surface area contributed by atoms with Gasteiger partial charge < -0.3 is 15.0 Å². The fourth-order valence-electron chi connectivity index (χ4n) is 1.98. The van der Waals surface area contributed by atoms with Crippen molar-refractivity contribution in [2.75, 3.05) is 32.6 Å². The van der Waals surface area contributed by atoms with Gasteiger partial charge in [-0.1, -0.05) is 0 Å². The molecule has 0 aromatic heterocycles. The summed E-state index contributed by atoms with van der Waals surface area (Å²) in [5.74, 6) is 0.0585. The number of hydrogen-bond acceptors (Lipinski definition) is 3. The van der Waals surface area contributed by atoms with Crippen LogP contribution < -0.4 is 5.32 Å². The molecule has 1 unspecified atom stereocenters. The third-order valence-corrected chi connectivity index (χ3v) is 3.19. The number of benzene rings is 1. The number of carbonyl (C=O) groups excluding carboxylic acids is 1. The van der Waals surface area contributed by atoms with Crippen LogP contribution in [0.3, 0.4) is 0 Å². The van der Waals surface area contributed by atoms with E-state index in [0.717, 1.165) is 24.3 Å². The summed E-state index contributed by atoms with van der Waals surface area (Å²) in [5, 5.41) is 3.03. The van der Waals surface area contributed by atoms with Gasteiger partial charge in [-0.15, -0.1) is 0 Å². The average molecular weight is 234 g/mol. The first-order valence-corrected chi connectivity index (χ1v) is 5.85. The molecule has 1 fully saturated rings. The molecule has 92 valence electrons. The van der Waals surface area contributed by atoms with Gasteiger partial charge in [-0.2, -0.15) is 0 Å². The standard InChI is InChI=1S/C13H18N2O2/c1-14-11-5-3-10(4-6-11)13(16)15(2)12-7-8-17-9-12/h3-6,12,14H,7-9H2,1-2H3. The number of rotatable bonds is 3. The third-order valence-electron chi connectivity index (χ3n) is 3.19. The quantitative estimate of drug-likeness (QED) is 0.863. The fraction of sp³-hybridized carbons (Fsp3) is 0.462. The van der Waals surface area contributed by atoms with Gasteiger partial charge in [-0.05, 0) is 30.7 Å². The predicted octanol–water partition coefficient (Wildman–Crippen LogP) is 1.59. The van der Waals surface area contributed by atoms with Crippen molar-refractivity contribution in [2.45, 2.75) is 12.5 Å². The fourth-order valence-corrected chi connectivity index (χ4v) is 1.98. The molecule has 0 radical (unpaired) electrons. The Morgan fingerprint density at radius 2 is 2.12 bits per heavy atom. The van der Waals surface area contributed by atoms with Crippen LogP contribution in [0.4, 0.5) is 5.69 Å². The van der Waals surface area contributed by atoms with Gasteiger partial charge in [-0.25, -0.2) is 0 Å². The number of likely N-dealkylation sites (N-methyl/N-ethyl adjacent to an activating group) is 1. The molecule has 1 heterocycles. The highest BCUT2D eigenvalue weighted by Gasteiger charge is 2.24. The summed E-state index contributed by atoms with van der Waals surface area (Å²) in [6.45, 7) is 1.40. The van der Waals surface area contributed by atoms with E-state index in [1.54, 1.807) is 4.90 Å². The monoisotopic (exact) mass is 234 g/mol. The lowest BCUT2D eigenvalue weighted by atomic mass is 10.1. The molecule has 2 rings (SSSR count). The highest BCUT2D eigenvalue weighted by molar-refractivity contribution is 5.94. The van der Waals surface area contributed by atoms with Gasteiger partial charge in [-0.3, -0.25) is 4.79 Å². The highest BCUT2D eigenvalue weighted by Crippen LogP contribution is 2.15. The number of ether oxygens (including phenoxy) is 1. The molecular formula is C13H18N2O2. The number of nitrogens with zero attached hydrogens (tertiary/aromatic N) is 1. The molecule has 1 amide bonds. The van der Waals surface area contributed by atoms with E-state index in [4.69, 9.17) is 4.74 Å². The summed E-state index contributed by atoms with van der Waals surface area (Å²) in [4.78, 5) is 14.0. The van der Waals surface area contributed by atoms with Crippen molar-refractivity contribution in [3.05, 3.63) is 29.8 Å². The van der Waals surface area contributed by atoms with Gasteiger partial charge in [0, 0.05) is 32.0 Å². The minimum atomic E-state index is 0.0585. The van der Waals surface area contributed by atoms with Gasteiger partial charge in [0.15, 0.2) is 0 Å². The molecule has 4 heteroatoms. The van der Waals surface area contributed by atoms with Crippen LogP contribution in [-0.2, 0) is 4.74 Å². The SMILES string of the molecule is CNc1ccc(C(=O)N(C)C2CCOC2)cc1. The zero-order chi connectivity index (χ0) is 12.3. The van der Waals surface area contributed by atoms with E-state index in [1.807, 2.05) is 38.4 Å². The molecule has 1 atom stereocenters. The predicted molar refractivity (Wildman–Crippen MR) is 67.3 cm³/mol. The summed E-state index contributed by atoms with van der Waals surface area (Å²) in [6.07, 6.45) is 0.927. The lowest BCUT2D eigenvalue weighted by Gasteiger charge is -2.23. The molecule has 0 saturated carbocycles. The number of amides is 1. The minimum Gasteiger partial charge on any atom is -0.388 e. The number of hydrogen-bond donors (Lipinski definition) is 1. The Balaban J connectivity index is 2.07. The van der Waals surface area contributed by atoms with Crippen molar-refractivity contribution in [3.63, 3.8) is 0 Å². The summed E-state index contributed by atoms with van der Waals surface area (Å²) in [5.41, 5.74) is 1.73. The molecule has 1 aliphatic rings. The van der Waals surface area contributed by atoms with E-state index < -0.39 is 0 Å². The van der Waals surface area contributed by atoms with Crippen LogP contribution in [0.1, 0.15) is 16.8 Å². The zero-order valence-corrected chi connectivity index (χ0v) is 10.3. The second-order valence-corrected chi connectivity index (χ2v) is 4.26. The molecular weight excluding hydrogens is 216 g/mol. The summed E-state index contributed by atoms with van der Waals surface area (Å²) < 4.78 is 5.30. The molecule has 0 aliphatic carbocycles. The van der Waals surface area contributed by atoms with Gasteiger partial charge in [0.05, 0.1) is 12.6 Å². The van der Waals surface area contributed by atoms with Gasteiger partial charge in [0.2, 0.25) is 0 Å². The molecule has 1 aromatic carbocycles. The lowest BCUT2D eigenvalue weighted by Crippen LogP contribution is -2.37. The molecule has 0 bridgehead atoms. The van der Waals surface area contributed by atoms with E-state index in [0.29, 0.717) is 6.61 Å². The Hall–Kier alpha value is -1.55. The van der Waals surface area contributed by atoms with Crippen molar-refractivity contribution in [2.24, 2.45) is 0 Å². The van der Waals surface area contributed by atoms with Crippen LogP contribution in [0.2, 0.25) is 0 Å². The topological polar surface area (TPSA) is 41.6 Å². The van der Waals surface area contributed by atoms with Crippen LogP contribution >= 0.6 is 0 Å². The highest BCUT2D eigenvalue weighted by atomic mass is 16.5. The van der Waals surface area contributed by atoms with Crippen LogP contribution in [0.25, 0.3) is 0 Å². The third kappa shape index (κ3) is 2.58. The smallest absolute Gasteiger partial charge is 0.253 e. The number of carbonyl (C=O) groups is 1. The minimum absolute atomic E-state index is 0.0585. The Morgan fingerprint density at radius 1 is 1.41 bits per heavy atom. The van der Waals surface area contributed by atoms with Crippen molar-refractivity contribution in [1.29, 1.82) is 0 Å². The Bertz CT molecular complexity index is 383. The Kier molecular flexibility index (Phi) is 3.64. The van der Waals surface area contributed by atoms with Crippen molar-refractivity contribution >= 4 is 11.6 Å². The van der Waals surface area contributed by atoms with Gasteiger partial charge in [0.1, 0.15) is 0 Å². The molecule has 17 heavy (non-hydrogen) atoms. The summed E-state index contributed by atoms with van der Waals surface area (Å²) in [7, 11) is 3.70. The molecule has 0 spiro atoms. The number of anilines is 1. The Morgan fingerprint density at radius 3 is 2.65 bits per heavy atom. The first-order chi connectivity index (χ1) is 8.22. The van der Waals surface area contributed by atoms with E-state index in [-0.39, 0.29) is 11.9 Å². The van der Waals surface area contributed by atoms with E-state index in [1.165, 1.54) is 0 Å². The molecule has 1 N–H and O–H groups in total. The first-order valence-electron chi connectivity index (χ1n) is 5.85. The lowest BCUT2D eigenvalue weighted by molar-refractivity contribution is 0.0711. The van der Waals surface area contributed by atoms with Crippen molar-refractivity contribution in [1.82, 2.24) is 4.90 Å². The van der Waals surface area contributed by atoms with Crippen LogP contribution in [0.15, 0.2) is 24.3 Å².